The molecule has 1 heterocycles. The molecule has 1 aromatic heterocycles. The lowest BCUT2D eigenvalue weighted by Gasteiger charge is -2.25. The lowest BCUT2D eigenvalue weighted by atomic mass is 10.1. The van der Waals surface area contributed by atoms with Crippen LogP contribution >= 0.6 is 22.9 Å². The van der Waals surface area contributed by atoms with Crippen molar-refractivity contribution in [2.45, 2.75) is 27.2 Å². The van der Waals surface area contributed by atoms with Crippen LogP contribution in [0.15, 0.2) is 42.5 Å². The van der Waals surface area contributed by atoms with Gasteiger partial charge in [0.05, 0.1) is 17.7 Å². The van der Waals surface area contributed by atoms with Crippen LogP contribution in [0.2, 0.25) is 5.02 Å². The van der Waals surface area contributed by atoms with Crippen molar-refractivity contribution < 1.29 is 9.53 Å². The highest BCUT2D eigenvalue weighted by Crippen LogP contribution is 2.34. The summed E-state index contributed by atoms with van der Waals surface area (Å²) in [5.74, 6) is 0.743. The van der Waals surface area contributed by atoms with Gasteiger partial charge < -0.3 is 9.64 Å². The number of carbonyl (C=O) groups excluding carboxylic acids is 1. The second kappa shape index (κ2) is 10.8. The summed E-state index contributed by atoms with van der Waals surface area (Å²) >= 11 is 7.82. The van der Waals surface area contributed by atoms with Gasteiger partial charge in [-0.15, -0.1) is 0 Å². The molecule has 2 aromatic carbocycles. The summed E-state index contributed by atoms with van der Waals surface area (Å²) < 4.78 is 6.74. The van der Waals surface area contributed by atoms with Gasteiger partial charge >= 0.3 is 0 Å². The fraction of sp³-hybridized carbons (Fsp3) is 0.391. The summed E-state index contributed by atoms with van der Waals surface area (Å²) in [4.78, 5) is 22.2. The molecule has 0 N–H and O–H groups in total. The Morgan fingerprint density at radius 3 is 2.53 bits per heavy atom. The molecule has 0 unspecified atom stereocenters. The topological polar surface area (TPSA) is 45.7 Å². The van der Waals surface area contributed by atoms with Gasteiger partial charge in [0.15, 0.2) is 5.13 Å². The summed E-state index contributed by atoms with van der Waals surface area (Å²) in [6.07, 6.45) is 0.242. The minimum atomic E-state index is -0.00716. The summed E-state index contributed by atoms with van der Waals surface area (Å²) in [5, 5.41) is 1.30. The monoisotopic (exact) mass is 445 g/mol. The average Bonchev–Trinajstić information content (AvgIpc) is 3.18. The lowest BCUT2D eigenvalue weighted by molar-refractivity contribution is -0.118. The molecule has 0 aliphatic rings. The maximum atomic E-state index is 13.3. The van der Waals surface area contributed by atoms with Gasteiger partial charge in [0.1, 0.15) is 11.3 Å². The van der Waals surface area contributed by atoms with Crippen LogP contribution in [0.4, 0.5) is 5.13 Å². The van der Waals surface area contributed by atoms with Crippen molar-refractivity contribution in [3.63, 3.8) is 0 Å². The van der Waals surface area contributed by atoms with Gasteiger partial charge in [-0.3, -0.25) is 9.69 Å². The third-order valence-electron chi connectivity index (χ3n) is 5.04. The molecule has 5 nitrogen and oxygen atoms in total. The van der Waals surface area contributed by atoms with E-state index >= 15 is 0 Å². The molecule has 0 spiro atoms. The predicted molar refractivity (Wildman–Crippen MR) is 126 cm³/mol. The Morgan fingerprint density at radius 1 is 1.07 bits per heavy atom. The summed E-state index contributed by atoms with van der Waals surface area (Å²) in [5.41, 5.74) is 1.63. The Balaban J connectivity index is 1.92. The Hall–Kier alpha value is -2.15. The normalized spacial score (nSPS) is 11.2. The van der Waals surface area contributed by atoms with Crippen molar-refractivity contribution in [1.82, 2.24) is 9.88 Å². The number of hydrogen-bond donors (Lipinski definition) is 0. The smallest absolute Gasteiger partial charge is 0.233 e. The zero-order valence-electron chi connectivity index (χ0n) is 17.7. The van der Waals surface area contributed by atoms with Crippen LogP contribution in [0.25, 0.3) is 10.2 Å². The van der Waals surface area contributed by atoms with Crippen molar-refractivity contribution in [1.29, 1.82) is 0 Å². The number of carbonyl (C=O) groups is 1. The van der Waals surface area contributed by atoms with E-state index in [1.54, 1.807) is 4.90 Å². The van der Waals surface area contributed by atoms with Gasteiger partial charge in [-0.05, 0) is 43.8 Å². The Kier molecular flexibility index (Phi) is 8.08. The van der Waals surface area contributed by atoms with E-state index in [2.05, 4.69) is 18.7 Å². The molecule has 30 heavy (non-hydrogen) atoms. The predicted octanol–water partition coefficient (Wildman–Crippen LogP) is 5.27. The highest BCUT2D eigenvalue weighted by molar-refractivity contribution is 7.22. The average molecular weight is 446 g/mol. The number of hydrogen-bond acceptors (Lipinski definition) is 5. The van der Waals surface area contributed by atoms with Crippen LogP contribution < -0.4 is 9.64 Å². The quantitative estimate of drug-likeness (QED) is 0.426. The third-order valence-corrected chi connectivity index (χ3v) is 6.45. The number of halogens is 1. The van der Waals surface area contributed by atoms with Crippen LogP contribution in [0, 0.1) is 0 Å². The van der Waals surface area contributed by atoms with Crippen LogP contribution in [-0.2, 0) is 11.2 Å². The molecule has 0 fully saturated rings. The largest absolute Gasteiger partial charge is 0.492 e. The van der Waals surface area contributed by atoms with Crippen LogP contribution in [0.3, 0.4) is 0 Å². The number of benzene rings is 2. The van der Waals surface area contributed by atoms with Gasteiger partial charge in [-0.25, -0.2) is 4.98 Å². The molecule has 160 valence electrons. The van der Waals surface area contributed by atoms with Gasteiger partial charge in [0.25, 0.3) is 0 Å². The van der Waals surface area contributed by atoms with E-state index in [-0.39, 0.29) is 12.3 Å². The SMILES string of the molecule is CCOc1cccc2sc(N(CCN(CC)CC)C(=O)Cc3ccccc3Cl)nc12. The first-order valence-corrected chi connectivity index (χ1v) is 11.5. The first-order valence-electron chi connectivity index (χ1n) is 10.4. The van der Waals surface area contributed by atoms with Gasteiger partial charge in [0, 0.05) is 18.1 Å². The molecular formula is C23H28ClN3O2S. The number of aromatic nitrogens is 1. The van der Waals surface area contributed by atoms with Gasteiger partial charge in [0.2, 0.25) is 5.91 Å². The maximum absolute atomic E-state index is 13.3. The highest BCUT2D eigenvalue weighted by Gasteiger charge is 2.22. The van der Waals surface area contributed by atoms with Crippen molar-refractivity contribution >= 4 is 44.2 Å². The maximum Gasteiger partial charge on any atom is 0.233 e. The number of para-hydroxylation sites is 1. The third kappa shape index (κ3) is 5.31. The fourth-order valence-corrected chi connectivity index (χ4v) is 4.54. The number of likely N-dealkylation sites (N-methyl/N-ethyl adjacent to an activating group) is 1. The molecule has 3 rings (SSSR count). The Labute approximate surface area is 187 Å². The molecular weight excluding hydrogens is 418 g/mol. The number of ether oxygens (including phenoxy) is 1. The Morgan fingerprint density at radius 2 is 1.83 bits per heavy atom. The summed E-state index contributed by atoms with van der Waals surface area (Å²) in [6, 6.07) is 13.4. The zero-order valence-corrected chi connectivity index (χ0v) is 19.3. The fourth-order valence-electron chi connectivity index (χ4n) is 3.31. The molecule has 7 heteroatoms. The van der Waals surface area contributed by atoms with E-state index in [1.165, 1.54) is 11.3 Å². The molecule has 0 radical (unpaired) electrons. The second-order valence-electron chi connectivity index (χ2n) is 6.87. The molecule has 0 saturated carbocycles. The van der Waals surface area contributed by atoms with Gasteiger partial charge in [-0.2, -0.15) is 0 Å². The van der Waals surface area contributed by atoms with Gasteiger partial charge in [-0.1, -0.05) is 61.1 Å². The molecule has 0 atom stereocenters. The molecule has 3 aromatic rings. The molecule has 0 aliphatic heterocycles. The van der Waals surface area contributed by atoms with Crippen molar-refractivity contribution in [3.05, 3.63) is 53.1 Å². The number of fused-ring (bicyclic) bond motifs is 1. The molecule has 0 aliphatic carbocycles. The van der Waals surface area contributed by atoms with E-state index in [1.807, 2.05) is 49.4 Å². The van der Waals surface area contributed by atoms with E-state index < -0.39 is 0 Å². The van der Waals surface area contributed by atoms with E-state index in [0.717, 1.165) is 41.2 Å². The number of amides is 1. The zero-order chi connectivity index (χ0) is 21.5. The minimum absolute atomic E-state index is 0.00716. The first-order chi connectivity index (χ1) is 14.6. The van der Waals surface area contributed by atoms with Crippen LogP contribution in [0.1, 0.15) is 26.3 Å². The first kappa shape index (κ1) is 22.5. The van der Waals surface area contributed by atoms with Crippen molar-refractivity contribution in [2.24, 2.45) is 0 Å². The highest BCUT2D eigenvalue weighted by atomic mass is 35.5. The lowest BCUT2D eigenvalue weighted by Crippen LogP contribution is -2.39. The summed E-state index contributed by atoms with van der Waals surface area (Å²) in [6.45, 7) is 10.0. The summed E-state index contributed by atoms with van der Waals surface area (Å²) in [7, 11) is 0. The van der Waals surface area contributed by atoms with E-state index in [4.69, 9.17) is 21.3 Å². The second-order valence-corrected chi connectivity index (χ2v) is 8.29. The number of nitrogens with zero attached hydrogens (tertiary/aromatic N) is 3. The molecule has 0 bridgehead atoms. The number of anilines is 1. The van der Waals surface area contributed by atoms with Crippen molar-refractivity contribution in [3.8, 4) is 5.75 Å². The van der Waals surface area contributed by atoms with Crippen molar-refractivity contribution in [2.75, 3.05) is 37.7 Å². The molecule has 0 saturated heterocycles. The van der Waals surface area contributed by atoms with E-state index in [0.29, 0.717) is 23.3 Å². The minimum Gasteiger partial charge on any atom is -0.492 e. The standard InChI is InChI=1S/C23H28ClN3O2S/c1-4-26(5-2)14-15-27(21(28)16-17-10-7-8-11-18(17)24)23-25-22-19(29-6-3)12-9-13-20(22)30-23/h7-13H,4-6,14-16H2,1-3H3. The number of thiazole rings is 1. The Bertz CT molecular complexity index is 987. The molecule has 1 amide bonds. The van der Waals surface area contributed by atoms with Crippen LogP contribution in [-0.4, -0.2) is 48.6 Å². The number of rotatable bonds is 10. The van der Waals surface area contributed by atoms with E-state index in [9.17, 15) is 4.79 Å². The van der Waals surface area contributed by atoms with Crippen LogP contribution in [0.5, 0.6) is 5.75 Å².